The summed E-state index contributed by atoms with van der Waals surface area (Å²) in [5.74, 6) is -0.820. The predicted molar refractivity (Wildman–Crippen MR) is 65.7 cm³/mol. The zero-order chi connectivity index (χ0) is 11.1. The van der Waals surface area contributed by atoms with E-state index in [9.17, 15) is 4.79 Å². The molecule has 1 aromatic carbocycles. The van der Waals surface area contributed by atoms with Gasteiger partial charge in [-0.25, -0.2) is 0 Å². The van der Waals surface area contributed by atoms with Crippen molar-refractivity contribution in [3.8, 4) is 0 Å². The Hall–Kier alpha value is -1.10. The Morgan fingerprint density at radius 2 is 1.94 bits per heavy atom. The third-order valence-corrected chi connectivity index (χ3v) is 2.05. The van der Waals surface area contributed by atoms with Crippen molar-refractivity contribution in [2.75, 3.05) is 19.6 Å². The minimum Gasteiger partial charge on any atom is -0.480 e. The molecule has 0 radical (unpaired) electrons. The number of nitrogens with zero attached hydrogens (tertiary/aromatic N) is 1. The molecule has 0 fully saturated rings. The average Bonchev–Trinajstić information content (AvgIpc) is 2.18. The highest BCUT2D eigenvalue weighted by Crippen LogP contribution is 2.03. The normalized spacial score (nSPS) is 9.88. The smallest absolute Gasteiger partial charge is 0.317 e. The number of rotatable bonds is 6. The Morgan fingerprint density at radius 3 is 2.44 bits per heavy atom. The molecular formula is C11H17ClN2O2. The van der Waals surface area contributed by atoms with Crippen molar-refractivity contribution in [2.24, 2.45) is 5.73 Å². The first-order valence-corrected chi connectivity index (χ1v) is 4.90. The Labute approximate surface area is 101 Å². The third-order valence-electron chi connectivity index (χ3n) is 2.05. The van der Waals surface area contributed by atoms with E-state index in [2.05, 4.69) is 0 Å². The molecule has 0 unspecified atom stereocenters. The van der Waals surface area contributed by atoms with Gasteiger partial charge >= 0.3 is 5.97 Å². The molecule has 16 heavy (non-hydrogen) atoms. The number of nitrogens with two attached hydrogens (primary N) is 1. The number of hydrogen-bond donors (Lipinski definition) is 2. The standard InChI is InChI=1S/C11H16N2O2.ClH/c12-6-7-13(9-11(14)15)8-10-4-2-1-3-5-10;/h1-5H,6-9,12H2,(H,14,15);1H. The quantitative estimate of drug-likeness (QED) is 0.782. The molecule has 0 atom stereocenters. The van der Waals surface area contributed by atoms with E-state index in [-0.39, 0.29) is 19.0 Å². The van der Waals surface area contributed by atoms with Crippen molar-refractivity contribution in [1.82, 2.24) is 4.90 Å². The number of carboxylic acid groups (broad SMARTS) is 1. The first kappa shape index (κ1) is 14.9. The lowest BCUT2D eigenvalue weighted by atomic mass is 10.2. The lowest BCUT2D eigenvalue weighted by molar-refractivity contribution is -0.138. The van der Waals surface area contributed by atoms with Crippen LogP contribution >= 0.6 is 12.4 Å². The average molecular weight is 245 g/mol. The number of halogens is 1. The summed E-state index contributed by atoms with van der Waals surface area (Å²) in [6.45, 7) is 1.73. The summed E-state index contributed by atoms with van der Waals surface area (Å²) in [6, 6.07) is 9.78. The van der Waals surface area contributed by atoms with Gasteiger partial charge in [-0.3, -0.25) is 9.69 Å². The van der Waals surface area contributed by atoms with E-state index in [4.69, 9.17) is 10.8 Å². The van der Waals surface area contributed by atoms with Gasteiger partial charge in [-0.2, -0.15) is 0 Å². The van der Waals surface area contributed by atoms with E-state index in [0.717, 1.165) is 5.56 Å². The van der Waals surface area contributed by atoms with Crippen LogP contribution in [0.4, 0.5) is 0 Å². The van der Waals surface area contributed by atoms with Gasteiger partial charge in [0.05, 0.1) is 6.54 Å². The van der Waals surface area contributed by atoms with E-state index >= 15 is 0 Å². The van der Waals surface area contributed by atoms with Crippen LogP contribution in [0, 0.1) is 0 Å². The largest absolute Gasteiger partial charge is 0.480 e. The first-order valence-electron chi connectivity index (χ1n) is 4.90. The van der Waals surface area contributed by atoms with E-state index in [1.807, 2.05) is 35.2 Å². The molecule has 0 heterocycles. The molecule has 0 saturated heterocycles. The van der Waals surface area contributed by atoms with Gasteiger partial charge in [-0.1, -0.05) is 30.3 Å². The summed E-state index contributed by atoms with van der Waals surface area (Å²) in [4.78, 5) is 12.4. The van der Waals surface area contributed by atoms with E-state index in [1.54, 1.807) is 0 Å². The second kappa shape index (κ2) is 8.10. The monoisotopic (exact) mass is 244 g/mol. The van der Waals surface area contributed by atoms with E-state index in [0.29, 0.717) is 19.6 Å². The highest BCUT2D eigenvalue weighted by atomic mass is 35.5. The summed E-state index contributed by atoms with van der Waals surface area (Å²) in [7, 11) is 0. The van der Waals surface area contributed by atoms with Crippen LogP contribution < -0.4 is 5.73 Å². The van der Waals surface area contributed by atoms with Gasteiger partial charge in [0.15, 0.2) is 0 Å². The minimum atomic E-state index is -0.820. The Kier molecular flexibility index (Phi) is 7.54. The van der Waals surface area contributed by atoms with Crippen molar-refractivity contribution < 1.29 is 9.90 Å². The van der Waals surface area contributed by atoms with Crippen LogP contribution in [0.5, 0.6) is 0 Å². The Morgan fingerprint density at radius 1 is 1.31 bits per heavy atom. The van der Waals surface area contributed by atoms with Crippen LogP contribution in [0.25, 0.3) is 0 Å². The van der Waals surface area contributed by atoms with Gasteiger partial charge < -0.3 is 10.8 Å². The summed E-state index contributed by atoms with van der Waals surface area (Å²) >= 11 is 0. The topological polar surface area (TPSA) is 66.6 Å². The van der Waals surface area contributed by atoms with E-state index in [1.165, 1.54) is 0 Å². The number of benzene rings is 1. The number of aliphatic carboxylic acids is 1. The fourth-order valence-corrected chi connectivity index (χ4v) is 1.43. The molecular weight excluding hydrogens is 228 g/mol. The van der Waals surface area contributed by atoms with Gasteiger partial charge in [-0.15, -0.1) is 12.4 Å². The maximum absolute atomic E-state index is 10.6. The molecule has 0 aliphatic rings. The minimum absolute atomic E-state index is 0. The maximum atomic E-state index is 10.6. The van der Waals surface area contributed by atoms with Crippen LogP contribution in [0.15, 0.2) is 30.3 Å². The molecule has 90 valence electrons. The molecule has 4 nitrogen and oxygen atoms in total. The summed E-state index contributed by atoms with van der Waals surface area (Å²) in [5, 5.41) is 8.71. The zero-order valence-electron chi connectivity index (χ0n) is 9.00. The van der Waals surface area contributed by atoms with Crippen LogP contribution in [-0.4, -0.2) is 35.6 Å². The highest BCUT2D eigenvalue weighted by molar-refractivity contribution is 5.85. The fourth-order valence-electron chi connectivity index (χ4n) is 1.43. The van der Waals surface area contributed by atoms with Crippen LogP contribution in [0.1, 0.15) is 5.56 Å². The summed E-state index contributed by atoms with van der Waals surface area (Å²) < 4.78 is 0. The van der Waals surface area contributed by atoms with Crippen molar-refractivity contribution in [3.05, 3.63) is 35.9 Å². The summed E-state index contributed by atoms with van der Waals surface area (Å²) in [5.41, 5.74) is 6.53. The van der Waals surface area contributed by atoms with Crippen LogP contribution in [-0.2, 0) is 11.3 Å². The van der Waals surface area contributed by atoms with Crippen molar-refractivity contribution in [3.63, 3.8) is 0 Å². The SMILES string of the molecule is Cl.NCCN(CC(=O)O)Cc1ccccc1. The first-order chi connectivity index (χ1) is 7.22. The molecule has 0 aliphatic heterocycles. The molecule has 0 spiro atoms. The lowest BCUT2D eigenvalue weighted by Gasteiger charge is -2.19. The third kappa shape index (κ3) is 5.70. The highest BCUT2D eigenvalue weighted by Gasteiger charge is 2.08. The number of carbonyl (C=O) groups is 1. The molecule has 1 rings (SSSR count). The summed E-state index contributed by atoms with van der Waals surface area (Å²) in [6.07, 6.45) is 0. The van der Waals surface area contributed by atoms with Crippen LogP contribution in [0.3, 0.4) is 0 Å². The molecule has 0 amide bonds. The van der Waals surface area contributed by atoms with Gasteiger partial charge in [0, 0.05) is 19.6 Å². The Bertz CT molecular complexity index is 306. The van der Waals surface area contributed by atoms with Crippen molar-refractivity contribution in [2.45, 2.75) is 6.54 Å². The van der Waals surface area contributed by atoms with Gasteiger partial charge in [-0.05, 0) is 5.56 Å². The molecule has 0 aromatic heterocycles. The van der Waals surface area contributed by atoms with Gasteiger partial charge in [0.25, 0.3) is 0 Å². The van der Waals surface area contributed by atoms with E-state index < -0.39 is 5.97 Å². The van der Waals surface area contributed by atoms with Gasteiger partial charge in [0.1, 0.15) is 0 Å². The predicted octanol–water partition coefficient (Wildman–Crippen LogP) is 0.954. The molecule has 0 aliphatic carbocycles. The number of hydrogen-bond acceptors (Lipinski definition) is 3. The van der Waals surface area contributed by atoms with Crippen LogP contribution in [0.2, 0.25) is 0 Å². The maximum Gasteiger partial charge on any atom is 0.317 e. The zero-order valence-corrected chi connectivity index (χ0v) is 9.82. The molecule has 5 heteroatoms. The number of carboxylic acids is 1. The molecule has 3 N–H and O–H groups in total. The van der Waals surface area contributed by atoms with Gasteiger partial charge in [0.2, 0.25) is 0 Å². The lowest BCUT2D eigenvalue weighted by Crippen LogP contribution is -2.33. The second-order valence-electron chi connectivity index (χ2n) is 3.38. The molecule has 1 aromatic rings. The van der Waals surface area contributed by atoms with Crippen molar-refractivity contribution in [1.29, 1.82) is 0 Å². The second-order valence-corrected chi connectivity index (χ2v) is 3.38. The fraction of sp³-hybridized carbons (Fsp3) is 0.364. The molecule has 0 saturated carbocycles. The molecule has 0 bridgehead atoms. The van der Waals surface area contributed by atoms with Crippen molar-refractivity contribution >= 4 is 18.4 Å². The Balaban J connectivity index is 0.00000225.